The average molecular weight is 606 g/mol. The van der Waals surface area contributed by atoms with E-state index in [4.69, 9.17) is 5.73 Å². The summed E-state index contributed by atoms with van der Waals surface area (Å²) in [6.45, 7) is 7.85. The third kappa shape index (κ3) is 12.9. The molecule has 42 heavy (non-hydrogen) atoms. The van der Waals surface area contributed by atoms with Gasteiger partial charge in [0.05, 0.1) is 23.8 Å². The SMILES string of the molecule is CC(C)C.CO/[NH+]=C/C=C\C=C\SN1CCCC(C)(O)C(=O)C1(O)O.NC(=O)CNC(=O)c1cnc2ccccc2n1. The van der Waals surface area contributed by atoms with Crippen LogP contribution in [0, 0.1) is 5.92 Å². The van der Waals surface area contributed by atoms with Crippen LogP contribution in [0.2, 0.25) is 0 Å². The van der Waals surface area contributed by atoms with E-state index in [1.807, 2.05) is 12.1 Å². The van der Waals surface area contributed by atoms with Crippen molar-refractivity contribution in [3.63, 3.8) is 0 Å². The standard InChI is InChI=1S/C13H20N2O5S.C11H10N4O2.C4H10/c1-12(17)7-6-9-15(13(18,19)11(12)16)21-10-5-3-4-8-14-20-2;12-10(16)6-14-11(17)9-5-13-7-3-1-2-4-8(7)15-9;1-4(2)3/h3-5,8,10,17-19H,6-7,9H2,1-2H3;1-5H,6H2,(H2,12,16)(H,14,17);4H,1-3H3/p+1/b4-3-,10-5+,14-8+;;. The molecular weight excluding hydrogens is 564 g/mol. The molecule has 1 aromatic heterocycles. The highest BCUT2D eigenvalue weighted by atomic mass is 32.2. The molecule has 2 heterocycles. The Hall–Kier alpha value is -3.69. The van der Waals surface area contributed by atoms with Crippen LogP contribution in [0.5, 0.6) is 0 Å². The number of nitrogens with two attached hydrogens (primary N) is 1. The van der Waals surface area contributed by atoms with E-state index in [0.717, 1.165) is 22.2 Å². The number of amides is 2. The second-order valence-corrected chi connectivity index (χ2v) is 10.8. The van der Waals surface area contributed by atoms with Gasteiger partial charge in [0.1, 0.15) is 18.4 Å². The predicted octanol–water partition coefficient (Wildman–Crippen LogP) is -0.0212. The first-order valence-electron chi connectivity index (χ1n) is 13.1. The number of para-hydroxylation sites is 2. The summed E-state index contributed by atoms with van der Waals surface area (Å²) in [5, 5.41) is 36.3. The monoisotopic (exact) mass is 605 g/mol. The molecule has 0 radical (unpaired) electrons. The number of carbonyl (C=O) groups excluding carboxylic acids is 3. The number of Topliss-reactive ketones (excluding diaryl/α,β-unsaturated/α-hetero) is 1. The van der Waals surface area contributed by atoms with E-state index in [1.165, 1.54) is 20.2 Å². The summed E-state index contributed by atoms with van der Waals surface area (Å²) in [4.78, 5) is 46.8. The Morgan fingerprint density at radius 2 is 1.83 bits per heavy atom. The number of benzene rings is 1. The summed E-state index contributed by atoms with van der Waals surface area (Å²) < 4.78 is 1.14. The van der Waals surface area contributed by atoms with Gasteiger partial charge in [0, 0.05) is 12.6 Å². The van der Waals surface area contributed by atoms with E-state index in [0.29, 0.717) is 17.5 Å². The molecule has 13 nitrogen and oxygen atoms in total. The fraction of sp³-hybridized carbons (Fsp3) is 0.429. The molecule has 1 saturated heterocycles. The van der Waals surface area contributed by atoms with Crippen molar-refractivity contribution in [2.24, 2.45) is 11.7 Å². The first-order chi connectivity index (χ1) is 19.7. The fourth-order valence-corrected chi connectivity index (χ4v) is 3.91. The Morgan fingerprint density at radius 3 is 2.45 bits per heavy atom. The molecule has 3 rings (SSSR count). The van der Waals surface area contributed by atoms with E-state index in [-0.39, 0.29) is 25.2 Å². The van der Waals surface area contributed by atoms with E-state index in [9.17, 15) is 29.7 Å². The van der Waals surface area contributed by atoms with Crippen LogP contribution in [0.4, 0.5) is 0 Å². The van der Waals surface area contributed by atoms with Crippen molar-refractivity contribution in [3.8, 4) is 0 Å². The molecule has 14 heteroatoms. The fourth-order valence-electron chi connectivity index (χ4n) is 3.14. The minimum Gasteiger partial charge on any atom is -0.382 e. The Labute approximate surface area is 249 Å². The Bertz CT molecular complexity index is 1260. The quantitative estimate of drug-likeness (QED) is 0.0776. The average Bonchev–Trinajstić information content (AvgIpc) is 3.00. The van der Waals surface area contributed by atoms with Gasteiger partial charge in [-0.05, 0) is 60.3 Å². The first kappa shape index (κ1) is 36.3. The second-order valence-electron chi connectivity index (χ2n) is 9.88. The first-order valence-corrected chi connectivity index (χ1v) is 13.9. The highest BCUT2D eigenvalue weighted by Gasteiger charge is 2.51. The maximum atomic E-state index is 11.9. The summed E-state index contributed by atoms with van der Waals surface area (Å²) >= 11 is 0.990. The van der Waals surface area contributed by atoms with E-state index < -0.39 is 29.1 Å². The van der Waals surface area contributed by atoms with Gasteiger partial charge in [0.25, 0.3) is 11.8 Å². The lowest BCUT2D eigenvalue weighted by atomic mass is 9.94. The summed E-state index contributed by atoms with van der Waals surface area (Å²) in [6.07, 6.45) is 8.65. The normalized spacial score (nSPS) is 18.8. The number of carbonyl (C=O) groups is 3. The molecule has 2 aromatic rings. The predicted molar refractivity (Wildman–Crippen MR) is 160 cm³/mol. The summed E-state index contributed by atoms with van der Waals surface area (Å²) in [6, 6.07) is 7.20. The van der Waals surface area contributed by atoms with Crippen LogP contribution in [-0.2, 0) is 14.4 Å². The third-order valence-electron chi connectivity index (χ3n) is 5.04. The van der Waals surface area contributed by atoms with Crippen LogP contribution in [0.3, 0.4) is 0 Å². The van der Waals surface area contributed by atoms with E-state index in [2.05, 4.69) is 46.0 Å². The Kier molecular flexibility index (Phi) is 15.6. The van der Waals surface area contributed by atoms with Crippen molar-refractivity contribution in [1.29, 1.82) is 0 Å². The number of rotatable bonds is 8. The number of hydrogen-bond donors (Lipinski definition) is 6. The van der Waals surface area contributed by atoms with Gasteiger partial charge in [-0.3, -0.25) is 24.2 Å². The highest BCUT2D eigenvalue weighted by Crippen LogP contribution is 2.31. The molecule has 0 bridgehead atoms. The van der Waals surface area contributed by atoms with Crippen molar-refractivity contribution in [1.82, 2.24) is 19.6 Å². The van der Waals surface area contributed by atoms with Gasteiger partial charge in [0.2, 0.25) is 17.9 Å². The zero-order valence-corrected chi connectivity index (χ0v) is 25.3. The zero-order chi connectivity index (χ0) is 31.8. The Morgan fingerprint density at radius 1 is 1.19 bits per heavy atom. The molecule has 0 aliphatic carbocycles. The molecule has 1 aromatic carbocycles. The topological polar surface area (TPSA) is 202 Å². The number of hydrogen-bond acceptors (Lipinski definition) is 11. The van der Waals surface area contributed by atoms with Crippen LogP contribution in [0.1, 0.15) is 51.0 Å². The summed E-state index contributed by atoms with van der Waals surface area (Å²) in [5.74, 6) is -3.95. The smallest absolute Gasteiger partial charge is 0.300 e. The number of nitrogens with zero attached hydrogens (tertiary/aromatic N) is 3. The van der Waals surface area contributed by atoms with Gasteiger partial charge >= 0.3 is 0 Å². The molecular formula is C28H41N6O7S+. The van der Waals surface area contributed by atoms with Crippen LogP contribution < -0.4 is 16.2 Å². The van der Waals surface area contributed by atoms with Gasteiger partial charge in [-0.2, -0.15) is 4.31 Å². The lowest BCUT2D eigenvalue weighted by Gasteiger charge is -2.32. The van der Waals surface area contributed by atoms with Crippen LogP contribution in [0.25, 0.3) is 11.0 Å². The largest absolute Gasteiger partial charge is 0.382 e. The van der Waals surface area contributed by atoms with Gasteiger partial charge in [-0.15, -0.1) is 0 Å². The summed E-state index contributed by atoms with van der Waals surface area (Å²) in [7, 11) is 1.49. The minimum absolute atomic E-state index is 0.157. The number of allylic oxidation sites excluding steroid dienone is 3. The van der Waals surface area contributed by atoms with Crippen LogP contribution >= 0.6 is 11.9 Å². The number of primary amides is 1. The maximum absolute atomic E-state index is 11.9. The lowest BCUT2D eigenvalue weighted by molar-refractivity contribution is -0.740. The number of nitrogens with one attached hydrogen (secondary N) is 2. The van der Waals surface area contributed by atoms with Crippen LogP contribution in [-0.4, -0.2) is 85.1 Å². The molecule has 1 aliphatic rings. The highest BCUT2D eigenvalue weighted by molar-refractivity contribution is 7.99. The Balaban J connectivity index is 0.000000378. The van der Waals surface area contributed by atoms with Gasteiger partial charge in [0.15, 0.2) is 0 Å². The van der Waals surface area contributed by atoms with Crippen molar-refractivity contribution >= 4 is 46.8 Å². The molecule has 1 aliphatic heterocycles. The van der Waals surface area contributed by atoms with Crippen molar-refractivity contribution in [2.45, 2.75) is 52.0 Å². The minimum atomic E-state index is -2.69. The summed E-state index contributed by atoms with van der Waals surface area (Å²) in [5.41, 5.74) is 4.68. The number of ketones is 1. The second kappa shape index (κ2) is 18.0. The number of aliphatic hydroxyl groups is 3. The molecule has 2 amide bonds. The van der Waals surface area contributed by atoms with E-state index >= 15 is 0 Å². The van der Waals surface area contributed by atoms with E-state index in [1.54, 1.807) is 42.0 Å². The lowest BCUT2D eigenvalue weighted by Crippen LogP contribution is -2.66. The molecule has 1 unspecified atom stereocenters. The molecule has 1 fully saturated rings. The van der Waals surface area contributed by atoms with Crippen molar-refractivity contribution < 1.29 is 39.7 Å². The van der Waals surface area contributed by atoms with Crippen molar-refractivity contribution in [2.75, 3.05) is 20.2 Å². The van der Waals surface area contributed by atoms with Crippen LogP contribution in [0.15, 0.2) is 54.1 Å². The number of fused-ring (bicyclic) bond motifs is 1. The van der Waals surface area contributed by atoms with Gasteiger partial charge in [-0.25, -0.2) is 4.98 Å². The number of aromatic nitrogens is 2. The van der Waals surface area contributed by atoms with Gasteiger partial charge < -0.3 is 26.4 Å². The molecule has 1 atom stereocenters. The molecule has 7 N–H and O–H groups in total. The maximum Gasteiger partial charge on any atom is 0.300 e. The molecule has 230 valence electrons. The van der Waals surface area contributed by atoms with Gasteiger partial charge in [-0.1, -0.05) is 45.1 Å². The van der Waals surface area contributed by atoms with Crippen molar-refractivity contribution in [3.05, 3.63) is 59.8 Å². The zero-order valence-electron chi connectivity index (χ0n) is 24.5. The molecule has 0 spiro atoms. The third-order valence-corrected chi connectivity index (χ3v) is 6.01. The molecule has 0 saturated carbocycles.